The van der Waals surface area contributed by atoms with Gasteiger partial charge in [-0.25, -0.2) is 0 Å². The van der Waals surface area contributed by atoms with Crippen LogP contribution in [0.25, 0.3) is 0 Å². The van der Waals surface area contributed by atoms with E-state index >= 15 is 0 Å². The molecule has 40 atom stereocenters. The third kappa shape index (κ3) is 15.6. The van der Waals surface area contributed by atoms with E-state index in [0.29, 0.717) is 0 Å². The molecule has 0 aliphatic carbocycles. The normalized spacial score (nSPS) is 52.7. The molecule has 40 heteroatoms. The fourth-order valence-corrected chi connectivity index (χ4v) is 12.0. The summed E-state index contributed by atoms with van der Waals surface area (Å²) in [5, 5.41) is 251. The van der Waals surface area contributed by atoms with Crippen molar-refractivity contribution in [3.05, 3.63) is 0 Å². The predicted molar refractivity (Wildman–Crippen MR) is 277 cm³/mol. The van der Waals surface area contributed by atoms with E-state index in [1.165, 1.54) is 7.11 Å². The molecule has 0 saturated carbocycles. The zero-order valence-corrected chi connectivity index (χ0v) is 49.0. The van der Waals surface area contributed by atoms with Crippen LogP contribution in [-0.4, -0.2) is 424 Å². The summed E-state index contributed by atoms with van der Waals surface area (Å²) in [6.45, 7) is -5.07. The fourth-order valence-electron chi connectivity index (χ4n) is 12.0. The molecule has 0 radical (unpaired) electrons. The maximum Gasteiger partial charge on any atom is 0.187 e. The highest BCUT2D eigenvalue weighted by molar-refractivity contribution is 5.01. The molecule has 0 spiro atoms. The van der Waals surface area contributed by atoms with Gasteiger partial charge in [0.1, 0.15) is 189 Å². The summed E-state index contributed by atoms with van der Waals surface area (Å²) >= 11 is 0. The summed E-state index contributed by atoms with van der Waals surface area (Å²) in [4.78, 5) is 0. The van der Waals surface area contributed by atoms with E-state index in [4.69, 9.17) is 80.5 Å². The number of hydrogen-bond donors (Lipinski definition) is 23. The third-order valence-corrected chi connectivity index (χ3v) is 17.3. The van der Waals surface area contributed by atoms with Gasteiger partial charge >= 0.3 is 0 Å². The topological polar surface area (TPSA) is 622 Å². The van der Waals surface area contributed by atoms with E-state index in [-0.39, 0.29) is 6.42 Å². The maximum absolute atomic E-state index is 11.9. The van der Waals surface area contributed by atoms with E-state index in [9.17, 15) is 117 Å². The van der Waals surface area contributed by atoms with Gasteiger partial charge in [0.25, 0.3) is 0 Å². The van der Waals surface area contributed by atoms with E-state index in [0.717, 1.165) is 7.11 Å². The molecule has 23 N–H and O–H groups in total. The SMILES string of the molecule is CCC1O[C@@H](OCC2O[C@@H](O[C@H]3C(CO)O[C@@H](O[C@H]4C(CO)O[C@@H](O[C@H]5C(CO)O[C@@H](OC)[C@H](O)C5O)[C@H](O)C4O)[C@H](O)C3O)[C@H](O)C(O)[C@H]2O[C@@H]2OC(CO)[C@H](O[C@@H]3OC(CO)C(O[C@@H]4OC(CO)[C@H](OC)C(O)[C@H]4O)C(O)[C@H]3O)C(O)[C@H]2O)[C@H](O)C(O)[C@H]1O. The highest BCUT2D eigenvalue weighted by Gasteiger charge is 2.59. The summed E-state index contributed by atoms with van der Waals surface area (Å²) in [7, 11) is 2.32. The zero-order chi connectivity index (χ0) is 66.8. The molecule has 0 aromatic heterocycles. The van der Waals surface area contributed by atoms with Crippen molar-refractivity contribution in [2.75, 3.05) is 60.5 Å². The lowest BCUT2D eigenvalue weighted by Crippen LogP contribution is -2.68. The van der Waals surface area contributed by atoms with Gasteiger partial charge < -0.3 is 198 Å². The number of methoxy groups -OCH3 is 2. The highest BCUT2D eigenvalue weighted by atomic mass is 16.8. The van der Waals surface area contributed by atoms with Crippen LogP contribution >= 0.6 is 0 Å². The second-order valence-corrected chi connectivity index (χ2v) is 23.1. The second-order valence-electron chi connectivity index (χ2n) is 23.1. The fraction of sp³-hybridized carbons (Fsp3) is 1.00. The molecule has 8 fully saturated rings. The van der Waals surface area contributed by atoms with Crippen LogP contribution in [0, 0.1) is 0 Å². The Balaban J connectivity index is 0.947. The molecule has 8 saturated heterocycles. The minimum absolute atomic E-state index is 0.0767. The molecule has 8 heterocycles. The molecule has 0 amide bonds. The van der Waals surface area contributed by atoms with Gasteiger partial charge in [0.15, 0.2) is 50.3 Å². The quantitative estimate of drug-likeness (QED) is 0.0427. The lowest BCUT2D eigenvalue weighted by Gasteiger charge is -2.50. The van der Waals surface area contributed by atoms with Crippen molar-refractivity contribution in [1.82, 2.24) is 0 Å². The molecule has 8 rings (SSSR count). The smallest absolute Gasteiger partial charge is 0.187 e. The number of aliphatic hydroxyl groups excluding tert-OH is 23. The Bertz CT molecular complexity index is 2160. The molecule has 532 valence electrons. The van der Waals surface area contributed by atoms with Crippen LogP contribution in [0.2, 0.25) is 0 Å². The maximum atomic E-state index is 11.9. The summed E-state index contributed by atoms with van der Waals surface area (Å²) in [5.41, 5.74) is 0. The van der Waals surface area contributed by atoms with Gasteiger partial charge in [-0.3, -0.25) is 0 Å². The first kappa shape index (κ1) is 75.2. The molecule has 0 aromatic carbocycles. The van der Waals surface area contributed by atoms with E-state index in [1.807, 2.05) is 0 Å². The summed E-state index contributed by atoms with van der Waals surface area (Å²) in [5.74, 6) is 0. The molecule has 8 aliphatic rings. The van der Waals surface area contributed by atoms with Crippen molar-refractivity contribution >= 4 is 0 Å². The number of rotatable bonds is 24. The molecule has 0 aromatic rings. The average molecular weight is 1340 g/mol. The van der Waals surface area contributed by atoms with Crippen LogP contribution in [0.4, 0.5) is 0 Å². The van der Waals surface area contributed by atoms with E-state index in [1.54, 1.807) is 6.92 Å². The van der Waals surface area contributed by atoms with Crippen LogP contribution < -0.4 is 0 Å². The first-order chi connectivity index (χ1) is 43.3. The van der Waals surface area contributed by atoms with Crippen molar-refractivity contribution in [2.24, 2.45) is 0 Å². The lowest BCUT2D eigenvalue weighted by atomic mass is 9.95. The zero-order valence-electron chi connectivity index (χ0n) is 49.0. The Morgan fingerprint density at radius 1 is 0.231 bits per heavy atom. The van der Waals surface area contributed by atoms with Gasteiger partial charge in [-0.15, -0.1) is 0 Å². The van der Waals surface area contributed by atoms with Gasteiger partial charge in [-0.05, 0) is 6.42 Å². The van der Waals surface area contributed by atoms with Gasteiger partial charge in [0, 0.05) is 14.2 Å². The van der Waals surface area contributed by atoms with E-state index < -0.39 is 292 Å². The van der Waals surface area contributed by atoms with Crippen LogP contribution in [0.15, 0.2) is 0 Å². The first-order valence-corrected chi connectivity index (χ1v) is 29.3. The standard InChI is InChI=1S/C51H88O40/c1-4-12-20(58)21(59)29(67)45(78-12)77-11-19-43(91-50-35(73)27(65)41(17(9-56)84-50)89-48-33(71)24(62)39(15(7-54)82-48)87-46-31(69)22(60)37(75-2)13(5-52)80-46)28(66)36(74)51(85-19)90-42-18(10-57)83-49(34(72)26(42)64)88-40-16(8-55)81-47(32(70)25(40)63)86-38-14(6-53)79-44(76-3)30(68)23(38)61/h12-74H,4-11H2,1-3H3/t12?,13?,14?,15?,16?,17?,18?,19?,20-,21?,22?,23?,24?,25?,26?,27?,28?,29+,30+,31+,32+,33+,34+,35+,36+,37-,38-,39?,40-,41-,42-,43-,44+,45+,46-,47-,48-,49-,50-,51-/m0/s1. The Hall–Kier alpha value is -1.60. The van der Waals surface area contributed by atoms with Gasteiger partial charge in [-0.1, -0.05) is 6.92 Å². The monoisotopic (exact) mass is 1340 g/mol. The average Bonchev–Trinajstić information content (AvgIpc) is 1.64. The highest BCUT2D eigenvalue weighted by Crippen LogP contribution is 2.39. The first-order valence-electron chi connectivity index (χ1n) is 29.3. The number of aliphatic hydroxyl groups is 23. The van der Waals surface area contributed by atoms with Gasteiger partial charge in [0.2, 0.25) is 0 Å². The van der Waals surface area contributed by atoms with Gasteiger partial charge in [0.05, 0.1) is 52.4 Å². The van der Waals surface area contributed by atoms with Crippen LogP contribution in [0.3, 0.4) is 0 Å². The summed E-state index contributed by atoms with van der Waals surface area (Å²) in [6.07, 6.45) is -75.0. The molecule has 0 bridgehead atoms. The summed E-state index contributed by atoms with van der Waals surface area (Å²) < 4.78 is 95.9. The van der Waals surface area contributed by atoms with E-state index in [2.05, 4.69) is 0 Å². The second kappa shape index (κ2) is 32.8. The van der Waals surface area contributed by atoms with Crippen LogP contribution in [0.1, 0.15) is 13.3 Å². The Morgan fingerprint density at radius 2 is 0.451 bits per heavy atom. The van der Waals surface area contributed by atoms with Crippen LogP contribution in [0.5, 0.6) is 0 Å². The molecule has 91 heavy (non-hydrogen) atoms. The Morgan fingerprint density at radius 3 is 0.714 bits per heavy atom. The third-order valence-electron chi connectivity index (χ3n) is 17.3. The van der Waals surface area contributed by atoms with Gasteiger partial charge in [-0.2, -0.15) is 0 Å². The molecular formula is C51H88O40. The number of ether oxygens (including phenoxy) is 17. The van der Waals surface area contributed by atoms with Crippen molar-refractivity contribution in [1.29, 1.82) is 0 Å². The molecular weight excluding hydrogens is 1250 g/mol. The molecule has 40 nitrogen and oxygen atoms in total. The Kier molecular flexibility index (Phi) is 27.1. The van der Waals surface area contributed by atoms with Crippen molar-refractivity contribution < 1.29 is 198 Å². The van der Waals surface area contributed by atoms with Crippen molar-refractivity contribution in [2.45, 2.75) is 259 Å². The minimum atomic E-state index is -2.33. The van der Waals surface area contributed by atoms with Crippen molar-refractivity contribution in [3.8, 4) is 0 Å². The summed E-state index contributed by atoms with van der Waals surface area (Å²) in [6, 6.07) is 0. The minimum Gasteiger partial charge on any atom is -0.394 e. The lowest BCUT2D eigenvalue weighted by molar-refractivity contribution is -0.400. The largest absolute Gasteiger partial charge is 0.394 e. The van der Waals surface area contributed by atoms with Crippen molar-refractivity contribution in [3.63, 3.8) is 0 Å². The molecule has 8 aliphatic heterocycles. The molecule has 17 unspecified atom stereocenters. The Labute approximate surface area is 516 Å². The van der Waals surface area contributed by atoms with Crippen LogP contribution in [-0.2, 0) is 80.5 Å². The number of hydrogen-bond acceptors (Lipinski definition) is 40. The predicted octanol–water partition coefficient (Wildman–Crippen LogP) is -15.7.